The molecule has 1 saturated carbocycles. The zero-order valence-corrected chi connectivity index (χ0v) is 11.2. The minimum Gasteiger partial charge on any atom is -0.370 e. The van der Waals surface area contributed by atoms with Crippen molar-refractivity contribution in [3.05, 3.63) is 40.6 Å². The average Bonchev–Trinajstić information content (AvgIpc) is 3.28. The molecular weight excluding hydrogens is 272 g/mol. The van der Waals surface area contributed by atoms with Gasteiger partial charge >= 0.3 is 5.69 Å². The van der Waals surface area contributed by atoms with E-state index in [1.807, 2.05) is 6.07 Å². The summed E-state index contributed by atoms with van der Waals surface area (Å²) in [7, 11) is 0. The maximum absolute atomic E-state index is 11.7. The number of hydrogen-bond donors (Lipinski definition) is 2. The number of nitrogens with zero attached hydrogens (tertiary/aromatic N) is 2. The number of carbonyl (C=O) groups is 1. The maximum atomic E-state index is 11.7. The van der Waals surface area contributed by atoms with Crippen molar-refractivity contribution in [2.75, 3.05) is 11.9 Å². The molecule has 7 heteroatoms. The highest BCUT2D eigenvalue weighted by Gasteiger charge is 2.24. The Balaban J connectivity index is 1.88. The molecule has 7 nitrogen and oxygen atoms in total. The van der Waals surface area contributed by atoms with Crippen LogP contribution >= 0.6 is 0 Å². The van der Waals surface area contributed by atoms with Crippen molar-refractivity contribution in [2.45, 2.75) is 18.9 Å². The van der Waals surface area contributed by atoms with Gasteiger partial charge in [0.2, 0.25) is 5.91 Å². The van der Waals surface area contributed by atoms with Gasteiger partial charge in [-0.15, -0.1) is 0 Å². The number of fused-ring (bicyclic) bond motifs is 1. The van der Waals surface area contributed by atoms with Crippen molar-refractivity contribution in [3.63, 3.8) is 0 Å². The van der Waals surface area contributed by atoms with Crippen LogP contribution in [0.1, 0.15) is 12.8 Å². The van der Waals surface area contributed by atoms with Crippen LogP contribution in [0.15, 0.2) is 30.5 Å². The normalized spacial score (nSPS) is 13.9. The molecule has 1 heterocycles. The number of benzene rings is 1. The zero-order valence-electron chi connectivity index (χ0n) is 11.2. The summed E-state index contributed by atoms with van der Waals surface area (Å²) in [6.45, 7) is 0.00531. The Morgan fingerprint density at radius 1 is 1.38 bits per heavy atom. The van der Waals surface area contributed by atoms with Crippen LogP contribution in [0.5, 0.6) is 0 Å². The predicted molar refractivity (Wildman–Crippen MR) is 78.1 cm³/mol. The van der Waals surface area contributed by atoms with Crippen molar-refractivity contribution in [1.82, 2.24) is 10.3 Å². The van der Waals surface area contributed by atoms with Crippen molar-refractivity contribution in [1.29, 1.82) is 0 Å². The standard InChI is InChI=1S/C14H14N4O3/c19-13(17-9-5-6-9)8-16-14-10-3-1-2-4-11(10)15-7-12(14)18(20)21/h1-4,7,9H,5-6,8H2,(H,15,16)(H,17,19). The van der Waals surface area contributed by atoms with E-state index in [1.165, 1.54) is 6.20 Å². The van der Waals surface area contributed by atoms with E-state index in [9.17, 15) is 14.9 Å². The molecule has 1 aromatic carbocycles. The number of para-hydroxylation sites is 1. The molecule has 0 aliphatic heterocycles. The molecule has 2 N–H and O–H groups in total. The van der Waals surface area contributed by atoms with Gasteiger partial charge in [0.1, 0.15) is 11.9 Å². The van der Waals surface area contributed by atoms with Gasteiger partial charge in [-0.1, -0.05) is 18.2 Å². The van der Waals surface area contributed by atoms with Crippen LogP contribution in [-0.2, 0) is 4.79 Å². The van der Waals surface area contributed by atoms with Crippen LogP contribution in [0.3, 0.4) is 0 Å². The quantitative estimate of drug-likeness (QED) is 0.645. The summed E-state index contributed by atoms with van der Waals surface area (Å²) in [4.78, 5) is 26.4. The summed E-state index contributed by atoms with van der Waals surface area (Å²) in [5, 5.41) is 17.5. The van der Waals surface area contributed by atoms with Gasteiger partial charge in [0.15, 0.2) is 0 Å². The number of carbonyl (C=O) groups excluding carboxylic acids is 1. The van der Waals surface area contributed by atoms with E-state index in [1.54, 1.807) is 18.2 Å². The lowest BCUT2D eigenvalue weighted by Gasteiger charge is -2.10. The first-order valence-electron chi connectivity index (χ1n) is 6.70. The van der Waals surface area contributed by atoms with E-state index in [-0.39, 0.29) is 24.2 Å². The minimum atomic E-state index is -0.499. The number of anilines is 1. The third kappa shape index (κ3) is 2.91. The second kappa shape index (κ2) is 5.35. The first-order chi connectivity index (χ1) is 10.1. The Morgan fingerprint density at radius 2 is 2.14 bits per heavy atom. The van der Waals surface area contributed by atoms with E-state index in [0.717, 1.165) is 12.8 Å². The molecular formula is C14H14N4O3. The number of rotatable bonds is 5. The van der Waals surface area contributed by atoms with Crippen LogP contribution in [0.2, 0.25) is 0 Å². The molecule has 108 valence electrons. The molecule has 21 heavy (non-hydrogen) atoms. The SMILES string of the molecule is O=C(CNc1c([N+](=O)[O-])cnc2ccccc12)NC1CC1. The second-order valence-corrected chi connectivity index (χ2v) is 4.99. The molecule has 2 aromatic rings. The Morgan fingerprint density at radius 3 is 2.86 bits per heavy atom. The lowest BCUT2D eigenvalue weighted by molar-refractivity contribution is -0.384. The molecule has 0 unspecified atom stereocenters. The first kappa shape index (κ1) is 13.3. The Labute approximate surface area is 120 Å². The second-order valence-electron chi connectivity index (χ2n) is 4.99. The molecule has 0 radical (unpaired) electrons. The Hall–Kier alpha value is -2.70. The van der Waals surface area contributed by atoms with Gasteiger partial charge < -0.3 is 10.6 Å². The lowest BCUT2D eigenvalue weighted by atomic mass is 10.1. The molecule has 0 bridgehead atoms. The largest absolute Gasteiger partial charge is 0.370 e. The van der Waals surface area contributed by atoms with E-state index >= 15 is 0 Å². The van der Waals surface area contributed by atoms with Gasteiger partial charge in [-0.05, 0) is 18.9 Å². The molecule has 0 saturated heterocycles. The van der Waals surface area contributed by atoms with Gasteiger partial charge in [0, 0.05) is 11.4 Å². The van der Waals surface area contributed by atoms with Crippen LogP contribution in [0.4, 0.5) is 11.4 Å². The van der Waals surface area contributed by atoms with Gasteiger partial charge in [0.05, 0.1) is 17.0 Å². The minimum absolute atomic E-state index is 0.00531. The number of pyridine rings is 1. The monoisotopic (exact) mass is 286 g/mol. The summed E-state index contributed by atoms with van der Waals surface area (Å²) in [5.41, 5.74) is 0.845. The van der Waals surface area contributed by atoms with Crippen molar-refractivity contribution >= 4 is 28.2 Å². The number of amides is 1. The predicted octanol–water partition coefficient (Wildman–Crippen LogP) is 1.83. The van der Waals surface area contributed by atoms with Crippen molar-refractivity contribution < 1.29 is 9.72 Å². The highest BCUT2D eigenvalue weighted by molar-refractivity contribution is 5.97. The fraction of sp³-hybridized carbons (Fsp3) is 0.286. The highest BCUT2D eigenvalue weighted by Crippen LogP contribution is 2.31. The van der Waals surface area contributed by atoms with Crippen molar-refractivity contribution in [2.24, 2.45) is 0 Å². The molecule has 1 amide bonds. The summed E-state index contributed by atoms with van der Waals surface area (Å²) >= 11 is 0. The summed E-state index contributed by atoms with van der Waals surface area (Å²) in [6.07, 6.45) is 3.22. The summed E-state index contributed by atoms with van der Waals surface area (Å²) in [5.74, 6) is -0.160. The third-order valence-corrected chi connectivity index (χ3v) is 3.32. The summed E-state index contributed by atoms with van der Waals surface area (Å²) < 4.78 is 0. The van der Waals surface area contributed by atoms with Gasteiger partial charge in [-0.3, -0.25) is 14.9 Å². The fourth-order valence-corrected chi connectivity index (χ4v) is 2.13. The maximum Gasteiger partial charge on any atom is 0.311 e. The molecule has 0 atom stereocenters. The Kier molecular flexibility index (Phi) is 3.39. The Bertz CT molecular complexity index is 712. The van der Waals surface area contributed by atoms with E-state index in [0.29, 0.717) is 16.6 Å². The lowest BCUT2D eigenvalue weighted by Crippen LogP contribution is -2.31. The van der Waals surface area contributed by atoms with Gasteiger partial charge in [0.25, 0.3) is 0 Å². The molecule has 1 aliphatic carbocycles. The van der Waals surface area contributed by atoms with E-state index in [2.05, 4.69) is 15.6 Å². The number of hydrogen-bond acceptors (Lipinski definition) is 5. The number of aromatic nitrogens is 1. The molecule has 1 fully saturated rings. The molecule has 1 aliphatic rings. The van der Waals surface area contributed by atoms with Crippen LogP contribution in [0, 0.1) is 10.1 Å². The van der Waals surface area contributed by atoms with E-state index < -0.39 is 4.92 Å². The van der Waals surface area contributed by atoms with Gasteiger partial charge in [-0.25, -0.2) is 4.98 Å². The topological polar surface area (TPSA) is 97.2 Å². The first-order valence-corrected chi connectivity index (χ1v) is 6.70. The number of nitro groups is 1. The third-order valence-electron chi connectivity index (χ3n) is 3.32. The van der Waals surface area contributed by atoms with E-state index in [4.69, 9.17) is 0 Å². The smallest absolute Gasteiger partial charge is 0.311 e. The molecule has 3 rings (SSSR count). The van der Waals surface area contributed by atoms with Crippen LogP contribution in [0.25, 0.3) is 10.9 Å². The highest BCUT2D eigenvalue weighted by atomic mass is 16.6. The van der Waals surface area contributed by atoms with Crippen LogP contribution < -0.4 is 10.6 Å². The van der Waals surface area contributed by atoms with Crippen LogP contribution in [-0.4, -0.2) is 28.4 Å². The molecule has 1 aromatic heterocycles. The zero-order chi connectivity index (χ0) is 14.8. The van der Waals surface area contributed by atoms with Gasteiger partial charge in [-0.2, -0.15) is 0 Å². The average molecular weight is 286 g/mol. The number of nitrogens with one attached hydrogen (secondary N) is 2. The molecule has 0 spiro atoms. The van der Waals surface area contributed by atoms with Crippen molar-refractivity contribution in [3.8, 4) is 0 Å². The fourth-order valence-electron chi connectivity index (χ4n) is 2.13. The summed E-state index contributed by atoms with van der Waals surface area (Å²) in [6, 6.07) is 7.38.